The Balaban J connectivity index is 2.00. The van der Waals surface area contributed by atoms with Crippen molar-refractivity contribution in [2.45, 2.75) is 22.3 Å². The van der Waals surface area contributed by atoms with Crippen LogP contribution in [0.5, 0.6) is 0 Å². The Hall–Kier alpha value is -2.21. The number of nitrogens with one attached hydrogen (secondary N) is 4. The molecule has 1 aromatic carbocycles. The minimum Gasteiger partial charge on any atom is -0.383 e. The average Bonchev–Trinajstić information content (AvgIpc) is 3.26. The second-order valence-electron chi connectivity index (χ2n) is 7.62. The van der Waals surface area contributed by atoms with Gasteiger partial charge in [0, 0.05) is 44.5 Å². The lowest BCUT2D eigenvalue weighted by molar-refractivity contribution is 0.0398. The Labute approximate surface area is 192 Å². The molecule has 2 heterocycles. The first-order chi connectivity index (χ1) is 15.6. The number of ether oxygens (including phenoxy) is 1. The molecule has 0 aliphatic carbocycles. The lowest BCUT2D eigenvalue weighted by Crippen LogP contribution is -2.39. The highest BCUT2D eigenvalue weighted by Gasteiger charge is 2.33. The number of anilines is 1. The van der Waals surface area contributed by atoms with E-state index in [1.807, 2.05) is 0 Å². The topological polar surface area (TPSA) is 217 Å². The van der Waals surface area contributed by atoms with E-state index in [0.29, 0.717) is 45.8 Å². The number of amidine groups is 1. The zero-order valence-corrected chi connectivity index (χ0v) is 19.6. The van der Waals surface area contributed by atoms with Crippen molar-refractivity contribution in [2.75, 3.05) is 57.8 Å². The predicted molar refractivity (Wildman–Crippen MR) is 121 cm³/mol. The molecule has 0 aromatic heterocycles. The molecule has 184 valence electrons. The van der Waals surface area contributed by atoms with Crippen LogP contribution in [-0.4, -0.2) is 86.1 Å². The zero-order chi connectivity index (χ0) is 24.1. The van der Waals surface area contributed by atoms with Crippen molar-refractivity contribution >= 4 is 31.6 Å². The summed E-state index contributed by atoms with van der Waals surface area (Å²) >= 11 is 0. The molecule has 0 unspecified atom stereocenters. The van der Waals surface area contributed by atoms with E-state index in [0.717, 1.165) is 19.2 Å². The van der Waals surface area contributed by atoms with Gasteiger partial charge in [0.15, 0.2) is 5.84 Å². The maximum absolute atomic E-state index is 13.1. The van der Waals surface area contributed by atoms with Gasteiger partial charge in [-0.3, -0.25) is 10.3 Å². The Morgan fingerprint density at radius 2 is 2.00 bits per heavy atom. The zero-order valence-electron chi connectivity index (χ0n) is 18.0. The van der Waals surface area contributed by atoms with Crippen LogP contribution >= 0.6 is 0 Å². The highest BCUT2D eigenvalue weighted by molar-refractivity contribution is 7.92. The third-order valence-electron chi connectivity index (χ3n) is 5.32. The van der Waals surface area contributed by atoms with Gasteiger partial charge in [-0.05, 0) is 25.1 Å². The first kappa shape index (κ1) is 25.4. The molecule has 14 nitrogen and oxygen atoms in total. The summed E-state index contributed by atoms with van der Waals surface area (Å²) in [5, 5.41) is 26.2. The monoisotopic (exact) mass is 503 g/mol. The molecule has 1 atom stereocenters. The summed E-state index contributed by atoms with van der Waals surface area (Å²) in [6.45, 7) is 4.82. The summed E-state index contributed by atoms with van der Waals surface area (Å²) in [5.74, 6) is 4.42. The van der Waals surface area contributed by atoms with Gasteiger partial charge in [-0.2, -0.15) is 0 Å². The summed E-state index contributed by atoms with van der Waals surface area (Å²) in [6.07, 6.45) is 0.551. The molecule has 2 saturated heterocycles. The summed E-state index contributed by atoms with van der Waals surface area (Å²) < 4.78 is 59.1. The second-order valence-corrected chi connectivity index (χ2v) is 10.8. The summed E-state index contributed by atoms with van der Waals surface area (Å²) in [4.78, 5) is 0.845. The maximum atomic E-state index is 13.1. The highest BCUT2D eigenvalue weighted by atomic mass is 32.2. The van der Waals surface area contributed by atoms with Crippen molar-refractivity contribution in [3.63, 3.8) is 0 Å². The fourth-order valence-electron chi connectivity index (χ4n) is 3.76. The number of benzene rings is 1. The van der Waals surface area contributed by atoms with Gasteiger partial charge >= 0.3 is 0 Å². The molecule has 0 saturated carbocycles. The predicted octanol–water partition coefficient (Wildman–Crippen LogP) is -1.63. The lowest BCUT2D eigenvalue weighted by Gasteiger charge is -2.27. The number of sulfonamides is 2. The SMILES string of the molecule is N=C(N=NN)c1c(NCCN2CCOCC2)ccc(S(=O)(=O)N[C@@H]2CCNC2)c1S(N)(=O)=O. The molecule has 1 aromatic rings. The number of rotatable bonds is 9. The number of nitrogens with two attached hydrogens (primary N) is 2. The van der Waals surface area contributed by atoms with Crippen LogP contribution in [-0.2, 0) is 24.8 Å². The van der Waals surface area contributed by atoms with Crippen LogP contribution in [0.1, 0.15) is 12.0 Å². The summed E-state index contributed by atoms with van der Waals surface area (Å²) in [5.41, 5.74) is -0.146. The minimum absolute atomic E-state index is 0.172. The molecule has 0 amide bonds. The summed E-state index contributed by atoms with van der Waals surface area (Å²) in [6, 6.07) is 2.13. The second kappa shape index (κ2) is 10.8. The van der Waals surface area contributed by atoms with Crippen LogP contribution in [0.4, 0.5) is 5.69 Å². The van der Waals surface area contributed by atoms with E-state index in [4.69, 9.17) is 21.1 Å². The largest absolute Gasteiger partial charge is 0.383 e. The fourth-order valence-corrected chi connectivity index (χ4v) is 6.64. The van der Waals surface area contributed by atoms with Crippen LogP contribution in [0.2, 0.25) is 0 Å². The normalized spacial score (nSPS) is 20.3. The van der Waals surface area contributed by atoms with E-state index in [1.54, 1.807) is 0 Å². The summed E-state index contributed by atoms with van der Waals surface area (Å²) in [7, 11) is -8.88. The standard InChI is InChI=1S/C17H29N9O5S2/c18-17(23-25-19)15-13(22-5-6-26-7-9-31-10-8-26)1-2-14(16(15)32(20,27)28)33(29,30)24-12-3-4-21-11-12/h1-2,12,21-22,24H,3-11H2,(H3,18,19,23)(H2,20,27,28)/t12-/m1/s1. The van der Waals surface area contributed by atoms with Crippen molar-refractivity contribution in [2.24, 2.45) is 21.3 Å². The number of primary sulfonamides is 1. The molecule has 2 aliphatic heterocycles. The van der Waals surface area contributed by atoms with E-state index in [9.17, 15) is 16.8 Å². The van der Waals surface area contributed by atoms with Crippen molar-refractivity contribution in [3.05, 3.63) is 17.7 Å². The smallest absolute Gasteiger partial charge is 0.242 e. The first-order valence-electron chi connectivity index (χ1n) is 10.3. The Morgan fingerprint density at radius 1 is 1.27 bits per heavy atom. The van der Waals surface area contributed by atoms with Crippen LogP contribution in [0.3, 0.4) is 0 Å². The van der Waals surface area contributed by atoms with E-state index in [1.165, 1.54) is 6.07 Å². The molecule has 2 aliphatic rings. The van der Waals surface area contributed by atoms with Crippen LogP contribution < -0.4 is 26.3 Å². The van der Waals surface area contributed by atoms with Crippen molar-refractivity contribution in [1.82, 2.24) is 14.9 Å². The molecule has 0 radical (unpaired) electrons. The molecule has 8 N–H and O–H groups in total. The first-order valence-corrected chi connectivity index (χ1v) is 13.3. The number of nitrogens with zero attached hydrogens (tertiary/aromatic N) is 3. The van der Waals surface area contributed by atoms with Crippen molar-refractivity contribution in [3.8, 4) is 0 Å². The van der Waals surface area contributed by atoms with Crippen LogP contribution in [0, 0.1) is 5.41 Å². The average molecular weight is 504 g/mol. The van der Waals surface area contributed by atoms with Crippen LogP contribution in [0.15, 0.2) is 32.3 Å². The van der Waals surface area contributed by atoms with Crippen LogP contribution in [0.25, 0.3) is 0 Å². The van der Waals surface area contributed by atoms with E-state index < -0.39 is 41.7 Å². The third-order valence-corrected chi connectivity index (χ3v) is 8.00. The minimum atomic E-state index is -4.60. The highest BCUT2D eigenvalue weighted by Crippen LogP contribution is 2.31. The van der Waals surface area contributed by atoms with Gasteiger partial charge < -0.3 is 21.2 Å². The molecule has 3 rings (SSSR count). The van der Waals surface area contributed by atoms with E-state index in [2.05, 4.69) is 30.6 Å². The van der Waals surface area contributed by atoms with Gasteiger partial charge in [0.25, 0.3) is 0 Å². The van der Waals surface area contributed by atoms with Gasteiger partial charge in [-0.25, -0.2) is 26.7 Å². The Morgan fingerprint density at radius 3 is 2.61 bits per heavy atom. The van der Waals surface area contributed by atoms with Gasteiger partial charge in [-0.15, -0.1) is 5.11 Å². The third kappa shape index (κ3) is 6.44. The van der Waals surface area contributed by atoms with Crippen molar-refractivity contribution in [1.29, 1.82) is 5.41 Å². The Bertz CT molecular complexity index is 1100. The number of hydrogen-bond acceptors (Lipinski definition) is 10. The molecule has 33 heavy (non-hydrogen) atoms. The van der Waals surface area contributed by atoms with E-state index in [-0.39, 0.29) is 11.3 Å². The number of hydrogen-bond donors (Lipinski definition) is 6. The molecular formula is C17H29N9O5S2. The molecular weight excluding hydrogens is 474 g/mol. The molecule has 0 spiro atoms. The molecule has 0 bridgehead atoms. The van der Waals surface area contributed by atoms with Gasteiger partial charge in [0.2, 0.25) is 20.0 Å². The van der Waals surface area contributed by atoms with Gasteiger partial charge in [0.05, 0.1) is 18.8 Å². The quantitative estimate of drug-likeness (QED) is 0.0748. The van der Waals surface area contributed by atoms with E-state index >= 15 is 0 Å². The molecule has 2 fully saturated rings. The Kier molecular flexibility index (Phi) is 8.33. The molecule has 16 heteroatoms. The maximum Gasteiger partial charge on any atom is 0.242 e. The fraction of sp³-hybridized carbons (Fsp3) is 0.588. The lowest BCUT2D eigenvalue weighted by atomic mass is 10.1. The van der Waals surface area contributed by atoms with Gasteiger partial charge in [0.1, 0.15) is 9.79 Å². The van der Waals surface area contributed by atoms with Crippen molar-refractivity contribution < 1.29 is 21.6 Å². The van der Waals surface area contributed by atoms with Gasteiger partial charge in [-0.1, -0.05) is 5.22 Å². The number of morpholine rings is 1.